The van der Waals surface area contributed by atoms with E-state index in [4.69, 9.17) is 0 Å². The van der Waals surface area contributed by atoms with Crippen LogP contribution in [-0.4, -0.2) is 40.8 Å². The number of aliphatic hydroxyl groups excluding tert-OH is 1. The van der Waals surface area contributed by atoms with E-state index in [1.165, 1.54) is 7.11 Å². The monoisotopic (exact) mass is 414 g/mol. The quantitative estimate of drug-likeness (QED) is 0.348. The molecule has 2 N–H and O–H groups in total. The van der Waals surface area contributed by atoms with E-state index in [-0.39, 0.29) is 24.1 Å². The smallest absolute Gasteiger partial charge is 0.305 e. The van der Waals surface area contributed by atoms with Gasteiger partial charge >= 0.3 is 5.97 Å². The highest BCUT2D eigenvalue weighted by atomic mass is 16.5. The lowest BCUT2D eigenvalue weighted by Crippen LogP contribution is -2.25. The number of unbranched alkanes of at least 4 members (excludes halogenated alkanes) is 3. The van der Waals surface area contributed by atoms with Gasteiger partial charge in [-0.15, -0.1) is 0 Å². The van der Waals surface area contributed by atoms with Crippen LogP contribution in [0.5, 0.6) is 0 Å². The lowest BCUT2D eigenvalue weighted by atomic mass is 9.88. The van der Waals surface area contributed by atoms with Crippen molar-refractivity contribution >= 4 is 11.8 Å². The number of carbonyl (C=O) groups is 2. The van der Waals surface area contributed by atoms with Crippen molar-refractivity contribution in [3.63, 3.8) is 0 Å². The number of aliphatic hydroxyl groups is 2. The minimum Gasteiger partial charge on any atom is -0.469 e. The molecule has 30 heavy (non-hydrogen) atoms. The van der Waals surface area contributed by atoms with Crippen molar-refractivity contribution in [1.82, 2.24) is 0 Å². The number of benzene rings is 1. The number of esters is 1. The zero-order valence-electron chi connectivity index (χ0n) is 18.1. The number of rotatable bonds is 10. The predicted molar refractivity (Wildman–Crippen MR) is 115 cm³/mol. The average Bonchev–Trinajstić information content (AvgIpc) is 3.00. The fourth-order valence-corrected chi connectivity index (χ4v) is 3.91. The first-order valence-corrected chi connectivity index (χ1v) is 10.9. The van der Waals surface area contributed by atoms with Crippen molar-refractivity contribution in [1.29, 1.82) is 0 Å². The Labute approximate surface area is 179 Å². The summed E-state index contributed by atoms with van der Waals surface area (Å²) >= 11 is 0. The summed E-state index contributed by atoms with van der Waals surface area (Å²) in [5.41, 5.74) is -0.0275. The number of aryl methyl sites for hydroxylation is 1. The molecular weight excluding hydrogens is 380 g/mol. The van der Waals surface area contributed by atoms with Crippen LogP contribution in [0, 0.1) is 23.7 Å². The Morgan fingerprint density at radius 1 is 1.20 bits per heavy atom. The van der Waals surface area contributed by atoms with E-state index in [2.05, 4.69) is 16.6 Å². The van der Waals surface area contributed by atoms with Crippen molar-refractivity contribution in [3.8, 4) is 11.8 Å². The van der Waals surface area contributed by atoms with E-state index in [1.54, 1.807) is 6.92 Å². The second-order valence-corrected chi connectivity index (χ2v) is 8.43. The van der Waals surface area contributed by atoms with Gasteiger partial charge < -0.3 is 14.9 Å². The lowest BCUT2D eigenvalue weighted by Gasteiger charge is -2.19. The molecular formula is C25H34O5. The highest BCUT2D eigenvalue weighted by Crippen LogP contribution is 2.33. The van der Waals surface area contributed by atoms with Crippen LogP contribution in [0.3, 0.4) is 0 Å². The van der Waals surface area contributed by atoms with Crippen LogP contribution in [-0.2, 0) is 20.7 Å². The van der Waals surface area contributed by atoms with E-state index in [0.29, 0.717) is 25.7 Å². The summed E-state index contributed by atoms with van der Waals surface area (Å²) < 4.78 is 4.63. The van der Waals surface area contributed by atoms with Gasteiger partial charge in [-0.3, -0.25) is 9.59 Å². The van der Waals surface area contributed by atoms with E-state index < -0.39 is 17.6 Å². The Morgan fingerprint density at radius 3 is 2.60 bits per heavy atom. The lowest BCUT2D eigenvalue weighted by molar-refractivity contribution is -0.140. The molecule has 0 bridgehead atoms. The van der Waals surface area contributed by atoms with Crippen molar-refractivity contribution in [2.75, 3.05) is 7.11 Å². The number of ketones is 1. The topological polar surface area (TPSA) is 83.8 Å². The number of carbonyl (C=O) groups excluding carboxylic acids is 2. The minimum atomic E-state index is -1.17. The molecule has 1 aliphatic carbocycles. The van der Waals surface area contributed by atoms with Gasteiger partial charge in [0.25, 0.3) is 0 Å². The number of ether oxygens (including phenoxy) is 1. The summed E-state index contributed by atoms with van der Waals surface area (Å²) in [5, 5.41) is 20.9. The Bertz CT molecular complexity index is 744. The molecule has 0 aliphatic heterocycles. The van der Waals surface area contributed by atoms with Gasteiger partial charge in [-0.05, 0) is 38.2 Å². The molecule has 0 amide bonds. The molecule has 5 nitrogen and oxygen atoms in total. The van der Waals surface area contributed by atoms with Crippen molar-refractivity contribution in [2.45, 2.75) is 76.4 Å². The molecule has 1 aromatic rings. The van der Waals surface area contributed by atoms with Gasteiger partial charge in [-0.2, -0.15) is 0 Å². The minimum absolute atomic E-state index is 0.0558. The Hall–Kier alpha value is -2.16. The SMILES string of the molecule is COC(=O)CCCCCC[C@H]1C(=O)C[C@H](O)[C@@H]1C#C[C@](C)(O)CCc1ccccc1. The van der Waals surface area contributed by atoms with Gasteiger partial charge in [0.05, 0.1) is 19.1 Å². The largest absolute Gasteiger partial charge is 0.469 e. The number of hydrogen-bond donors (Lipinski definition) is 2. The number of Topliss-reactive ketones (excluding diaryl/α,β-unsaturated/α-hetero) is 1. The molecule has 1 saturated carbocycles. The number of hydrogen-bond acceptors (Lipinski definition) is 5. The third-order valence-electron chi connectivity index (χ3n) is 5.80. The second kappa shape index (κ2) is 11.9. The van der Waals surface area contributed by atoms with Crippen LogP contribution in [0.25, 0.3) is 0 Å². The van der Waals surface area contributed by atoms with E-state index in [0.717, 1.165) is 31.2 Å². The van der Waals surface area contributed by atoms with Crippen molar-refractivity contribution < 1.29 is 24.5 Å². The van der Waals surface area contributed by atoms with Crippen LogP contribution in [0.1, 0.15) is 63.9 Å². The summed E-state index contributed by atoms with van der Waals surface area (Å²) in [7, 11) is 1.39. The van der Waals surface area contributed by atoms with Crippen LogP contribution in [0.2, 0.25) is 0 Å². The van der Waals surface area contributed by atoms with Gasteiger partial charge in [0.2, 0.25) is 0 Å². The predicted octanol–water partition coefficient (Wildman–Crippen LogP) is 3.45. The molecule has 0 unspecified atom stereocenters. The first-order valence-electron chi connectivity index (χ1n) is 10.9. The van der Waals surface area contributed by atoms with Crippen LogP contribution >= 0.6 is 0 Å². The zero-order valence-corrected chi connectivity index (χ0v) is 18.1. The maximum absolute atomic E-state index is 12.3. The molecule has 1 aromatic carbocycles. The van der Waals surface area contributed by atoms with E-state index in [9.17, 15) is 19.8 Å². The molecule has 2 rings (SSSR count). The summed E-state index contributed by atoms with van der Waals surface area (Å²) in [6.45, 7) is 1.68. The van der Waals surface area contributed by atoms with Gasteiger partial charge in [0, 0.05) is 18.8 Å². The molecule has 0 aromatic heterocycles. The van der Waals surface area contributed by atoms with Gasteiger partial charge in [-0.25, -0.2) is 0 Å². The Balaban J connectivity index is 1.85. The summed E-state index contributed by atoms with van der Waals surface area (Å²) in [6, 6.07) is 9.93. The fraction of sp³-hybridized carbons (Fsp3) is 0.600. The van der Waals surface area contributed by atoms with Crippen molar-refractivity contribution in [3.05, 3.63) is 35.9 Å². The standard InChI is InChI=1S/C25H34O5/c1-25(29,16-14-19-10-6-5-7-11-19)17-15-21-20(22(26)18-23(21)27)12-8-3-4-9-13-24(28)30-2/h5-7,10-11,20-21,23,27,29H,3-4,8-9,12-14,16,18H2,1-2H3/t20-,21-,23+,25-/m1/s1. The Morgan fingerprint density at radius 2 is 1.90 bits per heavy atom. The molecule has 0 saturated heterocycles. The third-order valence-corrected chi connectivity index (χ3v) is 5.80. The molecule has 1 fully saturated rings. The van der Waals surface area contributed by atoms with Crippen LogP contribution < -0.4 is 0 Å². The van der Waals surface area contributed by atoms with Crippen LogP contribution in [0.15, 0.2) is 30.3 Å². The van der Waals surface area contributed by atoms with Gasteiger partial charge in [0.1, 0.15) is 11.4 Å². The average molecular weight is 415 g/mol. The highest BCUT2D eigenvalue weighted by Gasteiger charge is 2.40. The van der Waals surface area contributed by atoms with Gasteiger partial charge in [-0.1, -0.05) is 61.4 Å². The maximum atomic E-state index is 12.3. The van der Waals surface area contributed by atoms with Gasteiger partial charge in [0.15, 0.2) is 0 Å². The zero-order chi connectivity index (χ0) is 22.0. The van der Waals surface area contributed by atoms with E-state index in [1.807, 2.05) is 30.3 Å². The summed E-state index contributed by atoms with van der Waals surface area (Å²) in [4.78, 5) is 23.5. The summed E-state index contributed by atoms with van der Waals surface area (Å²) in [6.07, 6.45) is 5.14. The molecule has 0 spiro atoms. The molecule has 0 heterocycles. The van der Waals surface area contributed by atoms with Crippen LogP contribution in [0.4, 0.5) is 0 Å². The summed E-state index contributed by atoms with van der Waals surface area (Å²) in [5.74, 6) is 5.11. The second-order valence-electron chi connectivity index (χ2n) is 8.43. The molecule has 5 heteroatoms. The first kappa shape index (κ1) is 24.1. The molecule has 4 atom stereocenters. The number of methoxy groups -OCH3 is 1. The van der Waals surface area contributed by atoms with E-state index >= 15 is 0 Å². The fourth-order valence-electron chi connectivity index (χ4n) is 3.91. The molecule has 1 aliphatic rings. The van der Waals surface area contributed by atoms with Crippen molar-refractivity contribution in [2.24, 2.45) is 11.8 Å². The maximum Gasteiger partial charge on any atom is 0.305 e. The highest BCUT2D eigenvalue weighted by molar-refractivity contribution is 5.85. The molecule has 0 radical (unpaired) electrons. The molecule has 164 valence electrons. The Kier molecular flexibility index (Phi) is 9.55. The first-order chi connectivity index (χ1) is 14.3. The normalized spacial score (nSPS) is 22.8. The third kappa shape index (κ3) is 7.93.